The largest absolute Gasteiger partial charge is 0.496 e. The van der Waals surface area contributed by atoms with Crippen molar-refractivity contribution in [3.05, 3.63) is 99.8 Å². The fraction of sp³-hybridized carbons (Fsp3) is 0.463. The van der Waals surface area contributed by atoms with Crippen LogP contribution in [0, 0.1) is 0 Å². The molecule has 3 saturated heterocycles. The Morgan fingerprint density at radius 1 is 0.842 bits per heavy atom. The summed E-state index contributed by atoms with van der Waals surface area (Å²) in [5, 5.41) is 14.4. The van der Waals surface area contributed by atoms with Crippen molar-refractivity contribution in [1.82, 2.24) is 45.3 Å². The zero-order valence-corrected chi connectivity index (χ0v) is 33.9. The van der Waals surface area contributed by atoms with Crippen LogP contribution in [0.15, 0.2) is 73.1 Å². The predicted octanol–water partition coefficient (Wildman–Crippen LogP) is 4.40. The van der Waals surface area contributed by atoms with Crippen LogP contribution in [-0.2, 0) is 25.2 Å². The molecule has 7 rings (SSSR count). The second kappa shape index (κ2) is 17.9. The number of piperazine rings is 1. The number of halogens is 2. The molecule has 16 heteroatoms. The van der Waals surface area contributed by atoms with Gasteiger partial charge in [0.05, 0.1) is 47.0 Å². The van der Waals surface area contributed by atoms with Gasteiger partial charge in [0, 0.05) is 44.7 Å². The molecule has 1 aromatic heterocycles. The van der Waals surface area contributed by atoms with E-state index in [1.165, 1.54) is 11.0 Å². The molecule has 57 heavy (non-hydrogen) atoms. The lowest BCUT2D eigenvalue weighted by molar-refractivity contribution is -0.145. The minimum atomic E-state index is -0.687. The van der Waals surface area contributed by atoms with E-state index in [1.807, 2.05) is 46.3 Å². The molecule has 3 aliphatic heterocycles. The van der Waals surface area contributed by atoms with Gasteiger partial charge in [0.15, 0.2) is 0 Å². The molecule has 1 atom stereocenters. The van der Waals surface area contributed by atoms with Gasteiger partial charge in [0.25, 0.3) is 5.91 Å². The van der Waals surface area contributed by atoms with Gasteiger partial charge in [0.2, 0.25) is 5.91 Å². The maximum absolute atomic E-state index is 14.3. The first kappa shape index (κ1) is 40.6. The molecular formula is C41H49Cl2N9O5. The number of hydrogen-bond donors (Lipinski definition) is 1. The Bertz CT molecular complexity index is 2020. The van der Waals surface area contributed by atoms with Gasteiger partial charge < -0.3 is 19.3 Å². The lowest BCUT2D eigenvalue weighted by Crippen LogP contribution is -2.59. The number of rotatable bonds is 13. The molecule has 0 spiro atoms. The average Bonchev–Trinajstić information content (AvgIpc) is 3.94. The number of carbonyl (C=O) groups is 3. The molecule has 4 aromatic rings. The van der Waals surface area contributed by atoms with Crippen molar-refractivity contribution < 1.29 is 23.9 Å². The van der Waals surface area contributed by atoms with E-state index in [4.69, 9.17) is 32.7 Å². The summed E-state index contributed by atoms with van der Waals surface area (Å²) in [6.07, 6.45) is 4.32. The second-order valence-corrected chi connectivity index (χ2v) is 15.9. The number of esters is 1. The van der Waals surface area contributed by atoms with Gasteiger partial charge in [0.1, 0.15) is 12.1 Å². The Balaban J connectivity index is 1.04. The van der Waals surface area contributed by atoms with E-state index in [1.54, 1.807) is 32.2 Å². The highest BCUT2D eigenvalue weighted by molar-refractivity contribution is 6.42. The number of tetrazole rings is 1. The third-order valence-corrected chi connectivity index (χ3v) is 12.6. The number of ether oxygens (including phenoxy) is 2. The standard InChI is InChI=1S/C41H49Cl2N9O5/c1-3-57-37(53)27-49-21-23-51(24-22-49)45-39(55)41(30-7-5-4-6-8-30)15-18-48(19-16-41)17-13-40(31-9-11-34(42)35(43)25-31)14-20-50(28-40)38(54)33-26-32(10-12-36(33)56-2)52-29-44-46-47-52/h4-12,25-26,29H,3,13-24,27-28H2,1-2H3,(H,45,55)/t40-/m0/s1. The Labute approximate surface area is 342 Å². The van der Waals surface area contributed by atoms with Gasteiger partial charge in [-0.3, -0.25) is 24.7 Å². The third-order valence-electron chi connectivity index (χ3n) is 11.9. The maximum atomic E-state index is 14.3. The van der Waals surface area contributed by atoms with Crippen LogP contribution < -0.4 is 10.2 Å². The molecule has 3 aliphatic rings. The highest BCUT2D eigenvalue weighted by atomic mass is 35.5. The monoisotopic (exact) mass is 817 g/mol. The SMILES string of the molecule is CCOC(=O)CN1CCN(NC(=O)C2(c3ccccc3)CCN(CC[C@]3(c4ccc(Cl)c(Cl)c4)CCN(C(=O)c4cc(-n5cnnn5)ccc4OC)C3)CC2)CC1. The summed E-state index contributed by atoms with van der Waals surface area (Å²) < 4.78 is 12.3. The number of piperidine rings is 1. The van der Waals surface area contributed by atoms with Crippen molar-refractivity contribution in [1.29, 1.82) is 0 Å². The van der Waals surface area contributed by atoms with Crippen LogP contribution >= 0.6 is 23.2 Å². The third kappa shape index (κ3) is 8.95. The number of benzene rings is 3. The molecule has 1 N–H and O–H groups in total. The van der Waals surface area contributed by atoms with Crippen LogP contribution in [0.5, 0.6) is 5.75 Å². The number of nitrogens with one attached hydrogen (secondary N) is 1. The van der Waals surface area contributed by atoms with E-state index in [0.717, 1.165) is 43.6 Å². The summed E-state index contributed by atoms with van der Waals surface area (Å²) >= 11 is 13.0. The van der Waals surface area contributed by atoms with E-state index in [2.05, 4.69) is 42.9 Å². The number of likely N-dealkylation sites (tertiary alicyclic amines) is 2. The van der Waals surface area contributed by atoms with E-state index < -0.39 is 5.41 Å². The van der Waals surface area contributed by atoms with Crippen molar-refractivity contribution in [2.75, 3.05) is 79.2 Å². The highest BCUT2D eigenvalue weighted by Gasteiger charge is 2.46. The average molecular weight is 819 g/mol. The number of hydrogen-bond acceptors (Lipinski definition) is 11. The quantitative estimate of drug-likeness (QED) is 0.192. The van der Waals surface area contributed by atoms with Gasteiger partial charge >= 0.3 is 5.97 Å². The maximum Gasteiger partial charge on any atom is 0.320 e. The molecule has 3 fully saturated rings. The van der Waals surface area contributed by atoms with Gasteiger partial charge in [-0.15, -0.1) is 5.10 Å². The summed E-state index contributed by atoms with van der Waals surface area (Å²) in [6, 6.07) is 21.2. The van der Waals surface area contributed by atoms with Crippen molar-refractivity contribution in [2.24, 2.45) is 0 Å². The molecule has 0 unspecified atom stereocenters. The first-order valence-corrected chi connectivity index (χ1v) is 20.3. The molecule has 302 valence electrons. The molecule has 0 bridgehead atoms. The number of methoxy groups -OCH3 is 1. The number of carbonyl (C=O) groups excluding carboxylic acids is 3. The van der Waals surface area contributed by atoms with Gasteiger partial charge in [-0.25, -0.2) is 9.69 Å². The van der Waals surface area contributed by atoms with Crippen molar-refractivity contribution in [3.63, 3.8) is 0 Å². The number of hydrazine groups is 1. The summed E-state index contributed by atoms with van der Waals surface area (Å²) in [4.78, 5) is 47.0. The van der Waals surface area contributed by atoms with Crippen LogP contribution in [0.4, 0.5) is 0 Å². The molecule has 14 nitrogen and oxygen atoms in total. The van der Waals surface area contributed by atoms with Gasteiger partial charge in [-0.05, 0) is 104 Å². The molecule has 0 radical (unpaired) electrons. The lowest BCUT2D eigenvalue weighted by Gasteiger charge is -2.43. The van der Waals surface area contributed by atoms with Crippen LogP contribution in [0.25, 0.3) is 5.69 Å². The molecule has 4 heterocycles. The summed E-state index contributed by atoms with van der Waals surface area (Å²) in [5.41, 5.74) is 5.32. The predicted molar refractivity (Wildman–Crippen MR) is 216 cm³/mol. The van der Waals surface area contributed by atoms with E-state index in [0.29, 0.717) is 85.8 Å². The van der Waals surface area contributed by atoms with Crippen LogP contribution in [0.2, 0.25) is 10.0 Å². The zero-order valence-electron chi connectivity index (χ0n) is 32.4. The topological polar surface area (TPSA) is 138 Å². The van der Waals surface area contributed by atoms with E-state index >= 15 is 0 Å². The van der Waals surface area contributed by atoms with Gasteiger partial charge in [-0.2, -0.15) is 0 Å². The number of aromatic nitrogens is 4. The zero-order chi connectivity index (χ0) is 40.0. The second-order valence-electron chi connectivity index (χ2n) is 15.1. The fourth-order valence-corrected chi connectivity index (χ4v) is 8.80. The molecular weight excluding hydrogens is 769 g/mol. The van der Waals surface area contributed by atoms with Crippen molar-refractivity contribution in [3.8, 4) is 11.4 Å². The van der Waals surface area contributed by atoms with Crippen molar-refractivity contribution in [2.45, 2.75) is 43.4 Å². The normalized spacial score (nSPS) is 20.3. The fourth-order valence-electron chi connectivity index (χ4n) is 8.50. The summed E-state index contributed by atoms with van der Waals surface area (Å²) in [6.45, 7) is 8.26. The van der Waals surface area contributed by atoms with Crippen molar-refractivity contribution >= 4 is 41.0 Å². The Morgan fingerprint density at radius 3 is 2.30 bits per heavy atom. The lowest BCUT2D eigenvalue weighted by atomic mass is 9.71. The van der Waals surface area contributed by atoms with Crippen LogP contribution in [-0.4, -0.2) is 137 Å². The molecule has 0 saturated carbocycles. The van der Waals surface area contributed by atoms with Crippen LogP contribution in [0.1, 0.15) is 54.1 Å². The summed E-state index contributed by atoms with van der Waals surface area (Å²) in [7, 11) is 1.55. The minimum absolute atomic E-state index is 0.00370. The summed E-state index contributed by atoms with van der Waals surface area (Å²) in [5.74, 6) is 0.111. The Hall–Kier alpha value is -4.60. The van der Waals surface area contributed by atoms with Crippen LogP contribution in [0.3, 0.4) is 0 Å². The Morgan fingerprint density at radius 2 is 1.61 bits per heavy atom. The molecule has 3 aromatic carbocycles. The number of amides is 2. The minimum Gasteiger partial charge on any atom is -0.496 e. The number of nitrogens with zero attached hydrogens (tertiary/aromatic N) is 8. The first-order chi connectivity index (χ1) is 27.6. The first-order valence-electron chi connectivity index (χ1n) is 19.5. The van der Waals surface area contributed by atoms with E-state index in [9.17, 15) is 14.4 Å². The van der Waals surface area contributed by atoms with Gasteiger partial charge in [-0.1, -0.05) is 59.6 Å². The Kier molecular flexibility index (Phi) is 12.7. The van der Waals surface area contributed by atoms with E-state index in [-0.39, 0.29) is 29.7 Å². The highest BCUT2D eigenvalue weighted by Crippen LogP contribution is 2.42. The smallest absolute Gasteiger partial charge is 0.320 e. The molecule has 2 amide bonds. The molecule has 0 aliphatic carbocycles.